The maximum absolute atomic E-state index is 13.0. The highest BCUT2D eigenvalue weighted by Gasteiger charge is 2.35. The van der Waals surface area contributed by atoms with Crippen LogP contribution in [-0.2, 0) is 7.05 Å². The maximum atomic E-state index is 13.0. The molecular formula is C17H16N6O4. The summed E-state index contributed by atoms with van der Waals surface area (Å²) in [5, 5.41) is 20.2. The molecule has 0 fully saturated rings. The van der Waals surface area contributed by atoms with Crippen LogP contribution in [-0.4, -0.2) is 68.7 Å². The number of imide groups is 1. The van der Waals surface area contributed by atoms with E-state index in [1.165, 1.54) is 16.8 Å². The van der Waals surface area contributed by atoms with Crippen LogP contribution >= 0.6 is 0 Å². The molecular weight excluding hydrogens is 352 g/mol. The number of rotatable bonds is 4. The van der Waals surface area contributed by atoms with E-state index in [4.69, 9.17) is 0 Å². The Labute approximate surface area is 153 Å². The van der Waals surface area contributed by atoms with Crippen LogP contribution in [0.25, 0.3) is 21.8 Å². The van der Waals surface area contributed by atoms with Gasteiger partial charge in [0.1, 0.15) is 5.52 Å². The van der Waals surface area contributed by atoms with Crippen molar-refractivity contribution in [3.05, 3.63) is 39.4 Å². The molecule has 3 aromatic rings. The second-order valence-corrected chi connectivity index (χ2v) is 6.74. The first-order chi connectivity index (χ1) is 12.8. The van der Waals surface area contributed by atoms with Crippen molar-refractivity contribution >= 4 is 39.3 Å². The summed E-state index contributed by atoms with van der Waals surface area (Å²) in [5.74, 6) is -0.960. The normalized spacial score (nSPS) is 14.0. The molecule has 0 saturated carbocycles. The molecule has 0 atom stereocenters. The Morgan fingerprint density at radius 3 is 2.44 bits per heavy atom. The summed E-state index contributed by atoms with van der Waals surface area (Å²) in [4.78, 5) is 39.8. The van der Waals surface area contributed by atoms with Crippen molar-refractivity contribution in [1.82, 2.24) is 24.8 Å². The molecule has 0 radical (unpaired) electrons. The van der Waals surface area contributed by atoms with Crippen molar-refractivity contribution in [2.24, 2.45) is 7.05 Å². The highest BCUT2D eigenvalue weighted by atomic mass is 16.6. The quantitative estimate of drug-likeness (QED) is 0.386. The zero-order valence-corrected chi connectivity index (χ0v) is 15.0. The van der Waals surface area contributed by atoms with Crippen LogP contribution in [0.5, 0.6) is 0 Å². The third-order valence-electron chi connectivity index (χ3n) is 4.71. The summed E-state index contributed by atoms with van der Waals surface area (Å²) >= 11 is 0. The fourth-order valence-corrected chi connectivity index (χ4v) is 3.42. The number of nitrogens with zero attached hydrogens (tertiary/aromatic N) is 6. The molecule has 2 heterocycles. The molecule has 0 N–H and O–H groups in total. The lowest BCUT2D eigenvalue weighted by Gasteiger charge is -2.28. The number of hydrogen-bond acceptors (Lipinski definition) is 7. The van der Waals surface area contributed by atoms with Crippen molar-refractivity contribution in [2.45, 2.75) is 0 Å². The minimum absolute atomic E-state index is 0.149. The van der Waals surface area contributed by atoms with Crippen LogP contribution in [0.1, 0.15) is 20.7 Å². The Morgan fingerprint density at radius 2 is 1.81 bits per heavy atom. The number of non-ortho nitro benzene ring substituents is 1. The van der Waals surface area contributed by atoms with Crippen LogP contribution in [0.4, 0.5) is 5.69 Å². The van der Waals surface area contributed by atoms with Gasteiger partial charge in [0.15, 0.2) is 0 Å². The van der Waals surface area contributed by atoms with Crippen molar-refractivity contribution in [1.29, 1.82) is 0 Å². The first-order valence-corrected chi connectivity index (χ1v) is 8.25. The number of likely N-dealkylation sites (N-methyl/N-ethyl adjacent to an activating group) is 1. The maximum Gasteiger partial charge on any atom is 0.270 e. The second kappa shape index (κ2) is 5.81. The van der Waals surface area contributed by atoms with Crippen molar-refractivity contribution in [2.75, 3.05) is 27.2 Å². The Balaban J connectivity index is 2.06. The largest absolute Gasteiger partial charge is 0.308 e. The van der Waals surface area contributed by atoms with Gasteiger partial charge >= 0.3 is 0 Å². The number of carbonyl (C=O) groups excluding carboxylic acids is 2. The number of amides is 2. The zero-order valence-electron chi connectivity index (χ0n) is 15.0. The Kier molecular flexibility index (Phi) is 3.67. The van der Waals surface area contributed by atoms with Gasteiger partial charge in [-0.3, -0.25) is 24.6 Å². The minimum atomic E-state index is -0.549. The van der Waals surface area contributed by atoms with E-state index in [2.05, 4.69) is 10.3 Å². The van der Waals surface area contributed by atoms with Gasteiger partial charge in [0.05, 0.1) is 21.6 Å². The fourth-order valence-electron chi connectivity index (χ4n) is 3.42. The predicted octanol–water partition coefficient (Wildman–Crippen LogP) is 1.19. The average Bonchev–Trinajstić information content (AvgIpc) is 2.99. The number of benzene rings is 2. The van der Waals surface area contributed by atoms with E-state index < -0.39 is 16.7 Å². The fraction of sp³-hybridized carbons (Fsp3) is 0.294. The summed E-state index contributed by atoms with van der Waals surface area (Å²) in [6, 6.07) is 4.19. The zero-order chi connectivity index (χ0) is 19.5. The van der Waals surface area contributed by atoms with Gasteiger partial charge in [-0.1, -0.05) is 5.21 Å². The van der Waals surface area contributed by atoms with E-state index in [1.54, 1.807) is 13.1 Å². The molecule has 27 heavy (non-hydrogen) atoms. The van der Waals surface area contributed by atoms with Gasteiger partial charge in [-0.25, -0.2) is 4.68 Å². The molecule has 0 unspecified atom stereocenters. The highest BCUT2D eigenvalue weighted by molar-refractivity contribution is 6.29. The lowest BCUT2D eigenvalue weighted by atomic mass is 9.92. The van der Waals surface area contributed by atoms with Gasteiger partial charge in [0.2, 0.25) is 0 Å². The van der Waals surface area contributed by atoms with Gasteiger partial charge in [-0.15, -0.1) is 5.10 Å². The molecule has 1 aliphatic heterocycles. The SMILES string of the molecule is CN(C)CCN1C(=O)c2cc([N+](=O)[O-])cc3c2c(cc2nnn(C)c23)C1=O. The summed E-state index contributed by atoms with van der Waals surface area (Å²) < 4.78 is 1.48. The molecule has 138 valence electrons. The van der Waals surface area contributed by atoms with E-state index in [9.17, 15) is 19.7 Å². The summed E-state index contributed by atoms with van der Waals surface area (Å²) in [7, 11) is 5.33. The number of nitro benzene ring substituents is 1. The van der Waals surface area contributed by atoms with E-state index >= 15 is 0 Å². The van der Waals surface area contributed by atoms with Gasteiger partial charge in [-0.2, -0.15) is 0 Å². The molecule has 10 heteroatoms. The number of nitro groups is 1. The van der Waals surface area contributed by atoms with E-state index in [0.717, 1.165) is 4.90 Å². The Morgan fingerprint density at radius 1 is 1.15 bits per heavy atom. The van der Waals surface area contributed by atoms with Crippen LogP contribution in [0.3, 0.4) is 0 Å². The molecule has 0 saturated heterocycles. The number of carbonyl (C=O) groups is 2. The smallest absolute Gasteiger partial charge is 0.270 e. The third-order valence-corrected chi connectivity index (χ3v) is 4.71. The van der Waals surface area contributed by atoms with Crippen molar-refractivity contribution in [3.63, 3.8) is 0 Å². The topological polar surface area (TPSA) is 114 Å². The molecule has 0 aliphatic carbocycles. The number of aromatic nitrogens is 3. The highest BCUT2D eigenvalue weighted by Crippen LogP contribution is 2.37. The first kappa shape index (κ1) is 17.0. The van der Waals surface area contributed by atoms with Crippen LogP contribution in [0.2, 0.25) is 0 Å². The van der Waals surface area contributed by atoms with Gasteiger partial charge in [0.25, 0.3) is 17.5 Å². The third kappa shape index (κ3) is 2.45. The molecule has 4 rings (SSSR count). The number of fused-ring (bicyclic) bond motifs is 2. The van der Waals surface area contributed by atoms with Gasteiger partial charge in [-0.05, 0) is 20.2 Å². The summed E-state index contributed by atoms with van der Waals surface area (Å²) in [6.45, 7) is 0.672. The average molecular weight is 368 g/mol. The second-order valence-electron chi connectivity index (χ2n) is 6.74. The lowest BCUT2D eigenvalue weighted by molar-refractivity contribution is -0.384. The standard InChI is InChI=1S/C17H16N6O4/c1-20(2)4-5-22-16(24)11-7-9(23(26)27)6-10-14(11)12(17(22)25)8-13-15(10)21(3)19-18-13/h6-8H,4-5H2,1-3H3. The monoisotopic (exact) mass is 368 g/mol. The molecule has 0 bridgehead atoms. The first-order valence-electron chi connectivity index (χ1n) is 8.25. The van der Waals surface area contributed by atoms with Crippen LogP contribution in [0.15, 0.2) is 18.2 Å². The van der Waals surface area contributed by atoms with E-state index in [1.807, 2.05) is 19.0 Å². The van der Waals surface area contributed by atoms with Crippen molar-refractivity contribution in [3.8, 4) is 0 Å². The molecule has 2 amide bonds. The Bertz CT molecular complexity index is 1150. The van der Waals surface area contributed by atoms with Crippen LogP contribution < -0.4 is 0 Å². The minimum Gasteiger partial charge on any atom is -0.308 e. The summed E-state index contributed by atoms with van der Waals surface area (Å²) in [5.41, 5.74) is 1.23. The molecule has 2 aromatic carbocycles. The number of hydrogen-bond donors (Lipinski definition) is 0. The number of aryl methyl sites for hydroxylation is 1. The molecule has 10 nitrogen and oxygen atoms in total. The molecule has 0 spiro atoms. The van der Waals surface area contributed by atoms with Gasteiger partial charge in [0, 0.05) is 43.0 Å². The van der Waals surface area contributed by atoms with E-state index in [0.29, 0.717) is 33.9 Å². The Hall–Kier alpha value is -3.40. The van der Waals surface area contributed by atoms with Gasteiger partial charge < -0.3 is 4.90 Å². The predicted molar refractivity (Wildman–Crippen MR) is 96.6 cm³/mol. The summed E-state index contributed by atoms with van der Waals surface area (Å²) in [6.07, 6.45) is 0. The molecule has 1 aliphatic rings. The van der Waals surface area contributed by atoms with Crippen molar-refractivity contribution < 1.29 is 14.5 Å². The van der Waals surface area contributed by atoms with E-state index in [-0.39, 0.29) is 17.8 Å². The molecule has 1 aromatic heterocycles. The van der Waals surface area contributed by atoms with Crippen LogP contribution in [0, 0.1) is 10.1 Å². The lowest BCUT2D eigenvalue weighted by Crippen LogP contribution is -2.43.